The molecule has 122 valence electrons. The first kappa shape index (κ1) is 17.2. The summed E-state index contributed by atoms with van der Waals surface area (Å²) in [6.45, 7) is 1.80. The molecular formula is C16H12ClN3O4. The lowest BCUT2D eigenvalue weighted by atomic mass is 10.2. The molecular weight excluding hydrogens is 334 g/mol. The summed E-state index contributed by atoms with van der Waals surface area (Å²) < 4.78 is 5.61. The van der Waals surface area contributed by atoms with E-state index in [-0.39, 0.29) is 23.5 Å². The number of non-ortho nitro benzene ring substituents is 1. The second-order valence-electron chi connectivity index (χ2n) is 4.87. The molecule has 24 heavy (non-hydrogen) atoms. The molecule has 0 saturated heterocycles. The van der Waals surface area contributed by atoms with Gasteiger partial charge in [0.1, 0.15) is 17.9 Å². The van der Waals surface area contributed by atoms with Gasteiger partial charge in [-0.25, -0.2) is 0 Å². The monoisotopic (exact) mass is 345 g/mol. The van der Waals surface area contributed by atoms with Crippen LogP contribution in [0.2, 0.25) is 5.02 Å². The number of nitriles is 1. The second-order valence-corrected chi connectivity index (χ2v) is 5.28. The predicted octanol–water partition coefficient (Wildman–Crippen LogP) is 4.20. The molecule has 0 spiro atoms. The number of hydrogen-bond acceptors (Lipinski definition) is 5. The predicted molar refractivity (Wildman–Crippen MR) is 88.2 cm³/mol. The molecule has 0 aliphatic heterocycles. The molecule has 7 nitrogen and oxygen atoms in total. The molecule has 0 bridgehead atoms. The highest BCUT2D eigenvalue weighted by Gasteiger charge is 2.13. The van der Waals surface area contributed by atoms with Gasteiger partial charge in [-0.3, -0.25) is 14.9 Å². The maximum Gasteiger partial charge on any atom is 0.275 e. The van der Waals surface area contributed by atoms with Crippen LogP contribution < -0.4 is 10.1 Å². The lowest BCUT2D eigenvalue weighted by Crippen LogP contribution is -2.10. The first-order valence-electron chi connectivity index (χ1n) is 6.79. The number of nitrogens with one attached hydrogen (secondary N) is 1. The Bertz CT molecular complexity index is 846. The fourth-order valence-corrected chi connectivity index (χ4v) is 2.03. The average Bonchev–Trinajstić information content (AvgIpc) is 2.51. The molecule has 2 aromatic rings. The highest BCUT2D eigenvalue weighted by atomic mass is 35.5. The van der Waals surface area contributed by atoms with Crippen molar-refractivity contribution in [2.75, 3.05) is 5.32 Å². The zero-order valence-electron chi connectivity index (χ0n) is 12.6. The number of amides is 1. The minimum Gasteiger partial charge on any atom is -0.457 e. The third kappa shape index (κ3) is 4.44. The van der Waals surface area contributed by atoms with Crippen LogP contribution in [-0.4, -0.2) is 10.8 Å². The normalized spacial score (nSPS) is 9.88. The van der Waals surface area contributed by atoms with E-state index in [1.54, 1.807) is 31.2 Å². The fraction of sp³-hybridized carbons (Fsp3) is 0.125. The number of benzene rings is 2. The lowest BCUT2D eigenvalue weighted by molar-refractivity contribution is -0.384. The van der Waals surface area contributed by atoms with Crippen LogP contribution in [0.4, 0.5) is 11.4 Å². The molecule has 2 rings (SSSR count). The number of aryl methyl sites for hydroxylation is 1. The van der Waals surface area contributed by atoms with E-state index in [1.807, 2.05) is 0 Å². The van der Waals surface area contributed by atoms with Crippen LogP contribution in [0.1, 0.15) is 12.0 Å². The van der Waals surface area contributed by atoms with Crippen molar-refractivity contribution in [2.45, 2.75) is 13.3 Å². The molecule has 0 unspecified atom stereocenters. The summed E-state index contributed by atoms with van der Waals surface area (Å²) in [4.78, 5) is 21.9. The van der Waals surface area contributed by atoms with Gasteiger partial charge in [0.25, 0.3) is 5.69 Å². The van der Waals surface area contributed by atoms with E-state index in [0.29, 0.717) is 10.8 Å². The minimum atomic E-state index is -0.597. The Hall–Kier alpha value is -3.11. The number of rotatable bonds is 5. The van der Waals surface area contributed by atoms with Crippen molar-refractivity contribution >= 4 is 28.9 Å². The van der Waals surface area contributed by atoms with Crippen molar-refractivity contribution in [3.63, 3.8) is 0 Å². The van der Waals surface area contributed by atoms with Crippen molar-refractivity contribution in [1.29, 1.82) is 5.26 Å². The Balaban J connectivity index is 2.32. The standard InChI is InChI=1S/C16H12ClN3O4/c1-10-6-13(2-3-15(10)17)24-14-8-11(19-16(21)4-5-18)7-12(9-14)20(22)23/h2-3,6-9H,4H2,1H3,(H,19,21). The van der Waals surface area contributed by atoms with Gasteiger partial charge in [-0.2, -0.15) is 5.26 Å². The first-order chi connectivity index (χ1) is 11.4. The number of nitro benzene ring substituents is 1. The molecule has 8 heteroatoms. The summed E-state index contributed by atoms with van der Waals surface area (Å²) >= 11 is 5.94. The van der Waals surface area contributed by atoms with Crippen LogP contribution in [0.15, 0.2) is 36.4 Å². The van der Waals surface area contributed by atoms with Crippen LogP contribution in [0.3, 0.4) is 0 Å². The third-order valence-corrected chi connectivity index (χ3v) is 3.41. The topological polar surface area (TPSA) is 105 Å². The number of anilines is 1. The molecule has 0 fully saturated rings. The van der Waals surface area contributed by atoms with E-state index in [0.717, 1.165) is 5.56 Å². The third-order valence-electron chi connectivity index (χ3n) is 2.99. The Morgan fingerprint density at radius 3 is 2.71 bits per heavy atom. The molecule has 0 saturated carbocycles. The Morgan fingerprint density at radius 2 is 2.08 bits per heavy atom. The number of nitrogens with zero attached hydrogens (tertiary/aromatic N) is 2. The minimum absolute atomic E-state index is 0.171. The zero-order chi connectivity index (χ0) is 17.7. The number of nitro groups is 1. The van der Waals surface area contributed by atoms with Crippen LogP contribution >= 0.6 is 11.6 Å². The highest BCUT2D eigenvalue weighted by Crippen LogP contribution is 2.31. The van der Waals surface area contributed by atoms with E-state index in [4.69, 9.17) is 21.6 Å². The maximum absolute atomic E-state index is 11.5. The zero-order valence-corrected chi connectivity index (χ0v) is 13.3. The van der Waals surface area contributed by atoms with E-state index < -0.39 is 10.8 Å². The van der Waals surface area contributed by atoms with Gasteiger partial charge >= 0.3 is 0 Å². The Morgan fingerprint density at radius 1 is 1.33 bits per heavy atom. The van der Waals surface area contributed by atoms with Gasteiger partial charge in [0, 0.05) is 17.2 Å². The summed E-state index contributed by atoms with van der Waals surface area (Å²) in [5.41, 5.74) is 0.720. The van der Waals surface area contributed by atoms with E-state index in [9.17, 15) is 14.9 Å². The Labute approximate surface area is 142 Å². The number of carbonyl (C=O) groups is 1. The quantitative estimate of drug-likeness (QED) is 0.645. The number of hydrogen-bond donors (Lipinski definition) is 1. The van der Waals surface area contributed by atoms with Crippen molar-refractivity contribution < 1.29 is 14.5 Å². The smallest absolute Gasteiger partial charge is 0.275 e. The van der Waals surface area contributed by atoms with Crippen molar-refractivity contribution in [3.05, 3.63) is 57.1 Å². The largest absolute Gasteiger partial charge is 0.457 e. The highest BCUT2D eigenvalue weighted by molar-refractivity contribution is 6.31. The SMILES string of the molecule is Cc1cc(Oc2cc(NC(=O)CC#N)cc([N+](=O)[O-])c2)ccc1Cl. The number of ether oxygens (including phenoxy) is 1. The fourth-order valence-electron chi connectivity index (χ4n) is 1.91. The van der Waals surface area contributed by atoms with Gasteiger partial charge < -0.3 is 10.1 Å². The number of carbonyl (C=O) groups excluding carboxylic acids is 1. The van der Waals surface area contributed by atoms with Crippen LogP contribution in [0, 0.1) is 28.4 Å². The van der Waals surface area contributed by atoms with Gasteiger partial charge in [-0.1, -0.05) is 11.6 Å². The molecule has 0 aliphatic rings. The van der Waals surface area contributed by atoms with Gasteiger partial charge in [-0.05, 0) is 30.7 Å². The van der Waals surface area contributed by atoms with Gasteiger partial charge in [0.15, 0.2) is 0 Å². The van der Waals surface area contributed by atoms with Gasteiger partial charge in [0.2, 0.25) is 5.91 Å². The summed E-state index contributed by atoms with van der Waals surface area (Å²) in [7, 11) is 0. The molecule has 0 radical (unpaired) electrons. The van der Waals surface area contributed by atoms with Crippen LogP contribution in [-0.2, 0) is 4.79 Å². The molecule has 1 amide bonds. The molecule has 2 aromatic carbocycles. The average molecular weight is 346 g/mol. The van der Waals surface area contributed by atoms with Gasteiger partial charge in [0.05, 0.1) is 22.7 Å². The molecule has 0 heterocycles. The molecule has 0 atom stereocenters. The van der Waals surface area contributed by atoms with Crippen molar-refractivity contribution in [2.24, 2.45) is 0 Å². The Kier molecular flexibility index (Phi) is 5.35. The second kappa shape index (κ2) is 7.44. The maximum atomic E-state index is 11.5. The van der Waals surface area contributed by atoms with Gasteiger partial charge in [-0.15, -0.1) is 0 Å². The van der Waals surface area contributed by atoms with E-state index in [1.165, 1.54) is 18.2 Å². The van der Waals surface area contributed by atoms with Crippen molar-refractivity contribution in [1.82, 2.24) is 0 Å². The molecule has 0 aliphatic carbocycles. The van der Waals surface area contributed by atoms with E-state index in [2.05, 4.69) is 5.32 Å². The summed E-state index contributed by atoms with van der Waals surface area (Å²) in [6, 6.07) is 10.5. The lowest BCUT2D eigenvalue weighted by Gasteiger charge is -2.10. The summed E-state index contributed by atoms with van der Waals surface area (Å²) in [6.07, 6.45) is -0.352. The molecule has 1 N–H and O–H groups in total. The van der Waals surface area contributed by atoms with Crippen molar-refractivity contribution in [3.8, 4) is 17.6 Å². The van der Waals surface area contributed by atoms with Crippen LogP contribution in [0.5, 0.6) is 11.5 Å². The summed E-state index contributed by atoms with van der Waals surface area (Å²) in [5, 5.41) is 22.5. The van der Waals surface area contributed by atoms with Crippen LogP contribution in [0.25, 0.3) is 0 Å². The van der Waals surface area contributed by atoms with E-state index >= 15 is 0 Å². The first-order valence-corrected chi connectivity index (χ1v) is 7.17. The molecule has 0 aromatic heterocycles. The summed E-state index contributed by atoms with van der Waals surface area (Å²) in [5.74, 6) is 0.0659. The number of halogens is 1.